The minimum absolute atomic E-state index is 0.142. The van der Waals surface area contributed by atoms with Crippen LogP contribution in [-0.4, -0.2) is 32.7 Å². The van der Waals surface area contributed by atoms with Crippen LogP contribution in [0.4, 0.5) is 5.82 Å². The van der Waals surface area contributed by atoms with Crippen molar-refractivity contribution in [2.45, 2.75) is 20.3 Å². The van der Waals surface area contributed by atoms with Gasteiger partial charge in [0.1, 0.15) is 6.33 Å². The van der Waals surface area contributed by atoms with Crippen LogP contribution < -0.4 is 11.1 Å². The molecule has 0 aliphatic heterocycles. The standard InChI is InChI=1S/C11H18N6/c1-11(2,3-4-12)7-14-9-10-16-15-8-17(10)6-5-13-9/h5-6,8H,3-4,7,12H2,1-2H3,(H,13,14). The van der Waals surface area contributed by atoms with E-state index in [1.54, 1.807) is 12.5 Å². The molecular weight excluding hydrogens is 216 g/mol. The molecule has 0 bridgehead atoms. The van der Waals surface area contributed by atoms with E-state index in [-0.39, 0.29) is 5.41 Å². The van der Waals surface area contributed by atoms with E-state index in [0.29, 0.717) is 6.54 Å². The molecule has 0 fully saturated rings. The second kappa shape index (κ2) is 4.67. The van der Waals surface area contributed by atoms with Crippen molar-refractivity contribution in [3.63, 3.8) is 0 Å². The molecule has 6 nitrogen and oxygen atoms in total. The average molecular weight is 234 g/mol. The number of hydrogen-bond acceptors (Lipinski definition) is 5. The van der Waals surface area contributed by atoms with Crippen molar-refractivity contribution >= 4 is 11.5 Å². The van der Waals surface area contributed by atoms with Crippen LogP contribution >= 0.6 is 0 Å². The molecular formula is C11H18N6. The second-order valence-corrected chi connectivity index (χ2v) is 4.89. The maximum Gasteiger partial charge on any atom is 0.203 e. The topological polar surface area (TPSA) is 81.1 Å². The average Bonchev–Trinajstić information content (AvgIpc) is 2.74. The predicted molar refractivity (Wildman–Crippen MR) is 66.7 cm³/mol. The number of hydrogen-bond donors (Lipinski definition) is 2. The molecule has 0 aliphatic carbocycles. The van der Waals surface area contributed by atoms with Crippen molar-refractivity contribution in [2.24, 2.45) is 11.1 Å². The molecule has 0 aliphatic rings. The number of aromatic nitrogens is 4. The molecule has 2 heterocycles. The summed E-state index contributed by atoms with van der Waals surface area (Å²) in [5.74, 6) is 0.759. The van der Waals surface area contributed by atoms with Gasteiger partial charge >= 0.3 is 0 Å². The first-order valence-electron chi connectivity index (χ1n) is 5.71. The molecule has 0 spiro atoms. The van der Waals surface area contributed by atoms with Crippen molar-refractivity contribution in [3.05, 3.63) is 18.7 Å². The predicted octanol–water partition coefficient (Wildman–Crippen LogP) is 0.911. The minimum atomic E-state index is 0.142. The fourth-order valence-electron chi connectivity index (χ4n) is 1.69. The van der Waals surface area contributed by atoms with E-state index >= 15 is 0 Å². The van der Waals surface area contributed by atoms with Crippen LogP contribution in [0.15, 0.2) is 18.7 Å². The number of fused-ring (bicyclic) bond motifs is 1. The Bertz CT molecular complexity index is 489. The normalized spacial score (nSPS) is 11.9. The van der Waals surface area contributed by atoms with Gasteiger partial charge in [-0.1, -0.05) is 13.8 Å². The van der Waals surface area contributed by atoms with Crippen molar-refractivity contribution in [3.8, 4) is 0 Å². The van der Waals surface area contributed by atoms with Gasteiger partial charge in [0.25, 0.3) is 0 Å². The molecule has 6 heteroatoms. The number of nitrogens with two attached hydrogens (primary N) is 1. The second-order valence-electron chi connectivity index (χ2n) is 4.89. The lowest BCUT2D eigenvalue weighted by Gasteiger charge is -2.24. The summed E-state index contributed by atoms with van der Waals surface area (Å²) in [6.45, 7) is 5.86. The van der Waals surface area contributed by atoms with E-state index in [1.807, 2.05) is 10.6 Å². The van der Waals surface area contributed by atoms with Crippen molar-refractivity contribution < 1.29 is 0 Å². The van der Waals surface area contributed by atoms with E-state index in [9.17, 15) is 0 Å². The fourth-order valence-corrected chi connectivity index (χ4v) is 1.69. The number of rotatable bonds is 5. The third-order valence-electron chi connectivity index (χ3n) is 2.77. The maximum absolute atomic E-state index is 5.59. The van der Waals surface area contributed by atoms with Gasteiger partial charge in [-0.05, 0) is 18.4 Å². The summed E-state index contributed by atoms with van der Waals surface area (Å²) in [5, 5.41) is 11.2. The van der Waals surface area contributed by atoms with Gasteiger partial charge in [0.15, 0.2) is 5.82 Å². The summed E-state index contributed by atoms with van der Waals surface area (Å²) >= 11 is 0. The highest BCUT2D eigenvalue weighted by molar-refractivity contribution is 5.61. The Morgan fingerprint density at radius 1 is 1.47 bits per heavy atom. The van der Waals surface area contributed by atoms with Gasteiger partial charge in [0.05, 0.1) is 0 Å². The van der Waals surface area contributed by atoms with Gasteiger partial charge < -0.3 is 11.1 Å². The molecule has 3 N–H and O–H groups in total. The Kier molecular flexibility index (Phi) is 3.23. The highest BCUT2D eigenvalue weighted by Crippen LogP contribution is 2.20. The quantitative estimate of drug-likeness (QED) is 0.803. The van der Waals surface area contributed by atoms with E-state index in [4.69, 9.17) is 5.73 Å². The third kappa shape index (κ3) is 2.71. The number of nitrogens with zero attached hydrogens (tertiary/aromatic N) is 4. The lowest BCUT2D eigenvalue weighted by molar-refractivity contribution is 0.365. The van der Waals surface area contributed by atoms with E-state index in [0.717, 1.165) is 24.4 Å². The molecule has 0 saturated carbocycles. The molecule has 17 heavy (non-hydrogen) atoms. The largest absolute Gasteiger partial charge is 0.366 e. The fraction of sp³-hybridized carbons (Fsp3) is 0.545. The molecule has 2 aromatic heterocycles. The SMILES string of the molecule is CC(C)(CCN)CNc1nccn2cnnc12. The van der Waals surface area contributed by atoms with Crippen LogP contribution in [0.2, 0.25) is 0 Å². The molecule has 0 aromatic carbocycles. The van der Waals surface area contributed by atoms with Gasteiger partial charge in [0, 0.05) is 18.9 Å². The minimum Gasteiger partial charge on any atom is -0.366 e. The first kappa shape index (κ1) is 11.8. The molecule has 0 saturated heterocycles. The zero-order chi connectivity index (χ0) is 12.3. The lowest BCUT2D eigenvalue weighted by Crippen LogP contribution is -2.26. The van der Waals surface area contributed by atoms with Crippen LogP contribution in [0.1, 0.15) is 20.3 Å². The molecule has 0 unspecified atom stereocenters. The Balaban J connectivity index is 2.11. The zero-order valence-electron chi connectivity index (χ0n) is 10.2. The van der Waals surface area contributed by atoms with Crippen molar-refractivity contribution in [1.82, 2.24) is 19.6 Å². The Morgan fingerprint density at radius 2 is 2.29 bits per heavy atom. The van der Waals surface area contributed by atoms with E-state index in [2.05, 4.69) is 34.3 Å². The van der Waals surface area contributed by atoms with Gasteiger partial charge in [-0.15, -0.1) is 10.2 Å². The van der Waals surface area contributed by atoms with Crippen molar-refractivity contribution in [2.75, 3.05) is 18.4 Å². The monoisotopic (exact) mass is 234 g/mol. The van der Waals surface area contributed by atoms with Gasteiger partial charge in [-0.3, -0.25) is 4.40 Å². The van der Waals surface area contributed by atoms with Crippen LogP contribution in [0.3, 0.4) is 0 Å². The summed E-state index contributed by atoms with van der Waals surface area (Å²) in [7, 11) is 0. The highest BCUT2D eigenvalue weighted by atomic mass is 15.2. The lowest BCUT2D eigenvalue weighted by atomic mass is 9.89. The third-order valence-corrected chi connectivity index (χ3v) is 2.77. The van der Waals surface area contributed by atoms with Gasteiger partial charge in [-0.25, -0.2) is 4.98 Å². The smallest absolute Gasteiger partial charge is 0.203 e. The summed E-state index contributed by atoms with van der Waals surface area (Å²) < 4.78 is 1.84. The highest BCUT2D eigenvalue weighted by Gasteiger charge is 2.17. The molecule has 2 aromatic rings. The molecule has 2 rings (SSSR count). The van der Waals surface area contributed by atoms with Crippen LogP contribution in [0.5, 0.6) is 0 Å². The maximum atomic E-state index is 5.59. The zero-order valence-corrected chi connectivity index (χ0v) is 10.2. The Morgan fingerprint density at radius 3 is 3.06 bits per heavy atom. The number of nitrogens with one attached hydrogen (secondary N) is 1. The van der Waals surface area contributed by atoms with E-state index < -0.39 is 0 Å². The van der Waals surface area contributed by atoms with Gasteiger partial charge in [-0.2, -0.15) is 0 Å². The first-order chi connectivity index (χ1) is 8.12. The Labute approximate surface area is 100 Å². The summed E-state index contributed by atoms with van der Waals surface area (Å²) in [5.41, 5.74) is 6.48. The van der Waals surface area contributed by atoms with Crippen LogP contribution in [0.25, 0.3) is 5.65 Å². The van der Waals surface area contributed by atoms with Gasteiger partial charge in [0.2, 0.25) is 5.65 Å². The molecule has 0 amide bonds. The first-order valence-corrected chi connectivity index (χ1v) is 5.71. The molecule has 0 radical (unpaired) electrons. The number of anilines is 1. The van der Waals surface area contributed by atoms with Crippen LogP contribution in [-0.2, 0) is 0 Å². The van der Waals surface area contributed by atoms with E-state index in [1.165, 1.54) is 0 Å². The van der Waals surface area contributed by atoms with Crippen LogP contribution in [0, 0.1) is 5.41 Å². The Hall–Kier alpha value is -1.69. The molecule has 0 atom stereocenters. The summed E-state index contributed by atoms with van der Waals surface area (Å²) in [6, 6.07) is 0. The summed E-state index contributed by atoms with van der Waals surface area (Å²) in [6.07, 6.45) is 6.18. The summed E-state index contributed by atoms with van der Waals surface area (Å²) in [4.78, 5) is 4.28. The van der Waals surface area contributed by atoms with Crippen molar-refractivity contribution in [1.29, 1.82) is 0 Å². The molecule has 92 valence electrons.